The molecule has 0 radical (unpaired) electrons. The lowest BCUT2D eigenvalue weighted by Gasteiger charge is -2.18. The van der Waals surface area contributed by atoms with Gasteiger partial charge >= 0.3 is 0 Å². The number of hydrogen-bond donors (Lipinski definition) is 1. The van der Waals surface area contributed by atoms with Gasteiger partial charge in [-0.1, -0.05) is 42.5 Å². The Bertz CT molecular complexity index is 940. The van der Waals surface area contributed by atoms with Crippen LogP contribution in [0, 0.1) is 0 Å². The predicted octanol–water partition coefficient (Wildman–Crippen LogP) is 4.89. The Kier molecular flexibility index (Phi) is 4.67. The van der Waals surface area contributed by atoms with E-state index in [2.05, 4.69) is 36.4 Å². The fourth-order valence-corrected chi connectivity index (χ4v) is 4.14. The minimum atomic E-state index is -0.147. The normalized spacial score (nSPS) is 12.8. The standard InChI is InChI=1S/C22H19NO2S/c24-21-9-5-4-8-19(21)22(25)23-13-12-17-14-18(10-11-20(17)23)26-15-16-6-2-1-3-7-16/h1-11,14,24H,12-13,15H2. The van der Waals surface area contributed by atoms with Crippen molar-refractivity contribution in [1.29, 1.82) is 0 Å². The fraction of sp³-hybridized carbons (Fsp3) is 0.136. The molecule has 4 heteroatoms. The van der Waals surface area contributed by atoms with Gasteiger partial charge in [-0.2, -0.15) is 0 Å². The van der Waals surface area contributed by atoms with Gasteiger partial charge in [0.2, 0.25) is 0 Å². The first-order valence-corrected chi connectivity index (χ1v) is 9.60. The van der Waals surface area contributed by atoms with Crippen LogP contribution in [-0.2, 0) is 12.2 Å². The second-order valence-corrected chi connectivity index (χ2v) is 7.34. The molecule has 3 aromatic rings. The number of carbonyl (C=O) groups is 1. The maximum atomic E-state index is 12.8. The maximum absolute atomic E-state index is 12.8. The zero-order valence-corrected chi connectivity index (χ0v) is 15.1. The van der Waals surface area contributed by atoms with Crippen molar-refractivity contribution in [1.82, 2.24) is 0 Å². The van der Waals surface area contributed by atoms with E-state index in [4.69, 9.17) is 0 Å². The minimum absolute atomic E-state index is 0.0287. The molecule has 1 aliphatic heterocycles. The SMILES string of the molecule is O=C(c1ccccc1O)N1CCc2cc(SCc3ccccc3)ccc21. The largest absolute Gasteiger partial charge is 0.507 e. The molecule has 130 valence electrons. The van der Waals surface area contributed by atoms with Gasteiger partial charge in [0.1, 0.15) is 5.75 Å². The van der Waals surface area contributed by atoms with E-state index in [0.29, 0.717) is 12.1 Å². The van der Waals surface area contributed by atoms with Gasteiger partial charge in [-0.15, -0.1) is 11.8 Å². The number of para-hydroxylation sites is 1. The van der Waals surface area contributed by atoms with Gasteiger partial charge in [-0.05, 0) is 47.9 Å². The van der Waals surface area contributed by atoms with E-state index in [1.165, 1.54) is 16.0 Å². The van der Waals surface area contributed by atoms with Crippen LogP contribution in [0.1, 0.15) is 21.5 Å². The average Bonchev–Trinajstić information content (AvgIpc) is 3.10. The summed E-state index contributed by atoms with van der Waals surface area (Å²) < 4.78 is 0. The first-order chi connectivity index (χ1) is 12.7. The topological polar surface area (TPSA) is 40.5 Å². The molecule has 3 aromatic carbocycles. The molecular formula is C22H19NO2S. The van der Waals surface area contributed by atoms with Crippen LogP contribution in [0.5, 0.6) is 5.75 Å². The Morgan fingerprint density at radius 1 is 1.00 bits per heavy atom. The van der Waals surface area contributed by atoms with Gasteiger partial charge in [-0.3, -0.25) is 4.79 Å². The number of carbonyl (C=O) groups excluding carboxylic acids is 1. The summed E-state index contributed by atoms with van der Waals surface area (Å²) >= 11 is 1.80. The number of benzene rings is 3. The van der Waals surface area contributed by atoms with E-state index in [-0.39, 0.29) is 11.7 Å². The smallest absolute Gasteiger partial charge is 0.262 e. The lowest BCUT2D eigenvalue weighted by atomic mass is 10.1. The molecule has 0 aliphatic carbocycles. The van der Waals surface area contributed by atoms with Gasteiger partial charge < -0.3 is 10.0 Å². The Morgan fingerprint density at radius 2 is 1.77 bits per heavy atom. The van der Waals surface area contributed by atoms with E-state index in [9.17, 15) is 9.90 Å². The average molecular weight is 361 g/mol. The summed E-state index contributed by atoms with van der Waals surface area (Å²) in [6.07, 6.45) is 0.842. The predicted molar refractivity (Wildman–Crippen MR) is 106 cm³/mol. The van der Waals surface area contributed by atoms with Crippen molar-refractivity contribution < 1.29 is 9.90 Å². The molecule has 0 spiro atoms. The van der Waals surface area contributed by atoms with Crippen LogP contribution in [0.25, 0.3) is 0 Å². The Morgan fingerprint density at radius 3 is 2.58 bits per heavy atom. The second-order valence-electron chi connectivity index (χ2n) is 6.29. The summed E-state index contributed by atoms with van der Waals surface area (Å²) in [4.78, 5) is 15.8. The first kappa shape index (κ1) is 16.7. The van der Waals surface area contributed by atoms with Crippen LogP contribution in [0.3, 0.4) is 0 Å². The van der Waals surface area contributed by atoms with Crippen LogP contribution in [-0.4, -0.2) is 17.6 Å². The summed E-state index contributed by atoms with van der Waals surface area (Å²) in [7, 11) is 0. The summed E-state index contributed by atoms with van der Waals surface area (Å²) in [5.74, 6) is 0.813. The van der Waals surface area contributed by atoms with Crippen molar-refractivity contribution in [2.75, 3.05) is 11.4 Å². The molecule has 0 atom stereocenters. The Labute approximate surface area is 157 Å². The fourth-order valence-electron chi connectivity index (χ4n) is 3.22. The van der Waals surface area contributed by atoms with E-state index in [1.807, 2.05) is 12.1 Å². The molecule has 1 N–H and O–H groups in total. The van der Waals surface area contributed by atoms with Gasteiger partial charge in [0.15, 0.2) is 0 Å². The highest BCUT2D eigenvalue weighted by Gasteiger charge is 2.27. The summed E-state index contributed by atoms with van der Waals surface area (Å²) in [5.41, 5.74) is 3.78. The Hall–Kier alpha value is -2.72. The number of amides is 1. The molecule has 1 aliphatic rings. The molecular weight excluding hydrogens is 342 g/mol. The van der Waals surface area contributed by atoms with Crippen LogP contribution in [0.4, 0.5) is 5.69 Å². The number of phenols is 1. The van der Waals surface area contributed by atoms with Crippen LogP contribution in [0.2, 0.25) is 0 Å². The number of thioether (sulfide) groups is 1. The van der Waals surface area contributed by atoms with E-state index in [1.54, 1.807) is 40.9 Å². The van der Waals surface area contributed by atoms with Crippen LogP contribution < -0.4 is 4.90 Å². The first-order valence-electron chi connectivity index (χ1n) is 8.62. The molecule has 26 heavy (non-hydrogen) atoms. The molecule has 1 amide bonds. The van der Waals surface area contributed by atoms with Gasteiger partial charge in [0.05, 0.1) is 5.56 Å². The summed E-state index contributed by atoms with van der Waals surface area (Å²) in [6, 6.07) is 23.4. The van der Waals surface area contributed by atoms with E-state index >= 15 is 0 Å². The highest BCUT2D eigenvalue weighted by Crippen LogP contribution is 2.34. The van der Waals surface area contributed by atoms with Gasteiger partial charge in [-0.25, -0.2) is 0 Å². The quantitative estimate of drug-likeness (QED) is 0.673. The van der Waals surface area contributed by atoms with Crippen LogP contribution in [0.15, 0.2) is 77.7 Å². The highest BCUT2D eigenvalue weighted by atomic mass is 32.2. The molecule has 3 nitrogen and oxygen atoms in total. The summed E-state index contributed by atoms with van der Waals surface area (Å²) in [5, 5.41) is 9.96. The van der Waals surface area contributed by atoms with E-state index in [0.717, 1.165) is 17.9 Å². The van der Waals surface area contributed by atoms with Gasteiger partial charge in [0.25, 0.3) is 5.91 Å². The molecule has 0 saturated carbocycles. The third-order valence-electron chi connectivity index (χ3n) is 4.57. The molecule has 0 unspecified atom stereocenters. The Balaban J connectivity index is 1.51. The number of aromatic hydroxyl groups is 1. The molecule has 0 saturated heterocycles. The minimum Gasteiger partial charge on any atom is -0.507 e. The molecule has 0 bridgehead atoms. The third-order valence-corrected chi connectivity index (χ3v) is 5.64. The molecule has 0 aromatic heterocycles. The highest BCUT2D eigenvalue weighted by molar-refractivity contribution is 7.98. The number of phenolic OH excluding ortho intramolecular Hbond substituents is 1. The second kappa shape index (κ2) is 7.26. The zero-order valence-electron chi connectivity index (χ0n) is 14.3. The lowest BCUT2D eigenvalue weighted by molar-refractivity contribution is 0.0987. The maximum Gasteiger partial charge on any atom is 0.262 e. The number of rotatable bonds is 4. The van der Waals surface area contributed by atoms with Crippen molar-refractivity contribution in [3.8, 4) is 5.75 Å². The molecule has 4 rings (SSSR count). The molecule has 1 heterocycles. The number of anilines is 1. The van der Waals surface area contributed by atoms with E-state index < -0.39 is 0 Å². The van der Waals surface area contributed by atoms with Gasteiger partial charge in [0, 0.05) is 22.9 Å². The van der Waals surface area contributed by atoms with Crippen molar-refractivity contribution >= 4 is 23.4 Å². The monoisotopic (exact) mass is 361 g/mol. The number of nitrogens with zero attached hydrogens (tertiary/aromatic N) is 1. The number of fused-ring (bicyclic) bond motifs is 1. The number of hydrogen-bond acceptors (Lipinski definition) is 3. The third kappa shape index (κ3) is 3.33. The van der Waals surface area contributed by atoms with Crippen molar-refractivity contribution in [2.45, 2.75) is 17.1 Å². The van der Waals surface area contributed by atoms with Crippen LogP contribution >= 0.6 is 11.8 Å². The van der Waals surface area contributed by atoms with Crippen molar-refractivity contribution in [3.63, 3.8) is 0 Å². The molecule has 0 fully saturated rings. The van der Waals surface area contributed by atoms with Crippen molar-refractivity contribution in [3.05, 3.63) is 89.5 Å². The lowest BCUT2D eigenvalue weighted by Crippen LogP contribution is -2.28. The zero-order chi connectivity index (χ0) is 17.9. The van der Waals surface area contributed by atoms with Crippen molar-refractivity contribution in [2.24, 2.45) is 0 Å². The summed E-state index contributed by atoms with van der Waals surface area (Å²) in [6.45, 7) is 0.648.